The second kappa shape index (κ2) is 10.0. The van der Waals surface area contributed by atoms with Crippen LogP contribution in [-0.4, -0.2) is 26.4 Å². The molecular weight excluding hydrogens is 431 g/mol. The van der Waals surface area contributed by atoms with Crippen LogP contribution >= 0.6 is 35.0 Å². The van der Waals surface area contributed by atoms with Crippen LogP contribution in [0.15, 0.2) is 47.6 Å². The number of hydrogen-bond acceptors (Lipinski definition) is 5. The van der Waals surface area contributed by atoms with E-state index in [4.69, 9.17) is 27.9 Å². The van der Waals surface area contributed by atoms with Crippen LogP contribution < -0.4 is 10.1 Å². The predicted molar refractivity (Wildman–Crippen MR) is 117 cm³/mol. The first kappa shape index (κ1) is 21.5. The van der Waals surface area contributed by atoms with Gasteiger partial charge in [-0.3, -0.25) is 4.79 Å². The number of nitrogens with one attached hydrogen (secondary N) is 1. The molecule has 0 bridgehead atoms. The number of ether oxygens (including phenoxy) is 1. The third-order valence-corrected chi connectivity index (χ3v) is 5.75. The third kappa shape index (κ3) is 5.65. The summed E-state index contributed by atoms with van der Waals surface area (Å²) >= 11 is 13.4. The fourth-order valence-corrected chi connectivity index (χ4v) is 3.66. The first-order valence-corrected chi connectivity index (χ1v) is 10.7. The van der Waals surface area contributed by atoms with Crippen molar-refractivity contribution in [3.05, 3.63) is 63.9 Å². The molecule has 152 valence electrons. The van der Waals surface area contributed by atoms with Crippen LogP contribution in [0.2, 0.25) is 10.0 Å². The van der Waals surface area contributed by atoms with Gasteiger partial charge in [-0.1, -0.05) is 60.1 Å². The van der Waals surface area contributed by atoms with Crippen LogP contribution in [0.1, 0.15) is 18.3 Å². The van der Waals surface area contributed by atoms with Gasteiger partial charge in [-0.15, -0.1) is 10.2 Å². The van der Waals surface area contributed by atoms with Gasteiger partial charge < -0.3 is 14.6 Å². The number of nitrogens with zero attached hydrogens (tertiary/aromatic N) is 3. The molecule has 29 heavy (non-hydrogen) atoms. The summed E-state index contributed by atoms with van der Waals surface area (Å²) in [6, 6.07) is 12.8. The molecule has 0 unspecified atom stereocenters. The highest BCUT2D eigenvalue weighted by Gasteiger charge is 2.13. The highest BCUT2D eigenvalue weighted by atomic mass is 35.5. The average Bonchev–Trinajstić information content (AvgIpc) is 3.07. The minimum absolute atomic E-state index is 0.0950. The highest BCUT2D eigenvalue weighted by Crippen LogP contribution is 2.28. The molecule has 0 saturated carbocycles. The minimum Gasteiger partial charge on any atom is -0.484 e. The van der Waals surface area contributed by atoms with Gasteiger partial charge in [0.05, 0.1) is 10.8 Å². The van der Waals surface area contributed by atoms with Gasteiger partial charge in [0.1, 0.15) is 12.4 Å². The van der Waals surface area contributed by atoms with Crippen molar-refractivity contribution in [2.75, 3.05) is 11.1 Å². The molecule has 9 heteroatoms. The van der Waals surface area contributed by atoms with Crippen molar-refractivity contribution in [3.8, 4) is 5.75 Å². The van der Waals surface area contributed by atoms with Crippen molar-refractivity contribution >= 4 is 46.6 Å². The van der Waals surface area contributed by atoms with Crippen LogP contribution in [0.25, 0.3) is 0 Å². The number of hydrogen-bond donors (Lipinski definition) is 1. The van der Waals surface area contributed by atoms with Crippen LogP contribution in [0.5, 0.6) is 5.75 Å². The Labute approximate surface area is 183 Å². The highest BCUT2D eigenvalue weighted by molar-refractivity contribution is 7.99. The number of amides is 1. The molecule has 1 N–H and O–H groups in total. The minimum atomic E-state index is -0.0950. The van der Waals surface area contributed by atoms with Crippen molar-refractivity contribution in [1.29, 1.82) is 0 Å². The summed E-state index contributed by atoms with van der Waals surface area (Å²) < 4.78 is 7.49. The van der Waals surface area contributed by atoms with Gasteiger partial charge in [0.25, 0.3) is 0 Å². The Kier molecular flexibility index (Phi) is 7.41. The predicted octanol–water partition coefficient (Wildman–Crippen LogP) is 4.99. The Morgan fingerprint density at radius 3 is 2.79 bits per heavy atom. The maximum Gasteiger partial charge on any atom is 0.234 e. The molecule has 3 aromatic rings. The standard InChI is InChI=1S/C20H20Cl2N4O2S/c1-3-13-6-4-5-7-16(13)23-19(27)12-29-20-25-24-18(26(20)2)11-28-17-10-14(21)8-9-15(17)22/h4-10H,3,11-12H2,1-2H3,(H,23,27). The van der Waals surface area contributed by atoms with E-state index < -0.39 is 0 Å². The average molecular weight is 451 g/mol. The molecule has 1 heterocycles. The van der Waals surface area contributed by atoms with E-state index in [2.05, 4.69) is 22.4 Å². The first-order valence-electron chi connectivity index (χ1n) is 8.94. The summed E-state index contributed by atoms with van der Waals surface area (Å²) in [6.07, 6.45) is 0.854. The second-order valence-corrected chi connectivity index (χ2v) is 7.95. The molecule has 6 nitrogen and oxygen atoms in total. The van der Waals surface area contributed by atoms with E-state index in [-0.39, 0.29) is 18.3 Å². The normalized spacial score (nSPS) is 10.8. The Bertz CT molecular complexity index is 1010. The van der Waals surface area contributed by atoms with Gasteiger partial charge >= 0.3 is 0 Å². The Morgan fingerprint density at radius 2 is 2.00 bits per heavy atom. The lowest BCUT2D eigenvalue weighted by Crippen LogP contribution is -2.15. The quantitative estimate of drug-likeness (QED) is 0.489. The van der Waals surface area contributed by atoms with Gasteiger partial charge in [0.15, 0.2) is 11.0 Å². The first-order chi connectivity index (χ1) is 14.0. The number of carbonyl (C=O) groups is 1. The number of para-hydroxylation sites is 1. The number of halogens is 2. The summed E-state index contributed by atoms with van der Waals surface area (Å²) in [6.45, 7) is 2.24. The maximum atomic E-state index is 12.3. The molecule has 1 aromatic heterocycles. The van der Waals surface area contributed by atoms with Crippen LogP contribution in [-0.2, 0) is 24.9 Å². The van der Waals surface area contributed by atoms with Crippen molar-refractivity contribution in [2.45, 2.75) is 25.1 Å². The van der Waals surface area contributed by atoms with E-state index in [1.807, 2.05) is 31.3 Å². The van der Waals surface area contributed by atoms with E-state index >= 15 is 0 Å². The van der Waals surface area contributed by atoms with E-state index in [0.717, 1.165) is 17.7 Å². The molecular formula is C20H20Cl2N4O2S. The molecule has 1 amide bonds. The molecule has 2 aromatic carbocycles. The zero-order chi connectivity index (χ0) is 20.8. The van der Waals surface area contributed by atoms with Crippen LogP contribution in [0.3, 0.4) is 0 Å². The summed E-state index contributed by atoms with van der Waals surface area (Å²) in [4.78, 5) is 12.3. The van der Waals surface area contributed by atoms with Crippen LogP contribution in [0.4, 0.5) is 5.69 Å². The van der Waals surface area contributed by atoms with E-state index in [0.29, 0.717) is 26.8 Å². The third-order valence-electron chi connectivity index (χ3n) is 4.18. The fourth-order valence-electron chi connectivity index (χ4n) is 2.59. The summed E-state index contributed by atoms with van der Waals surface area (Å²) in [5.41, 5.74) is 1.94. The van der Waals surface area contributed by atoms with Crippen molar-refractivity contribution < 1.29 is 9.53 Å². The maximum absolute atomic E-state index is 12.3. The molecule has 0 fully saturated rings. The molecule has 3 rings (SSSR count). The number of anilines is 1. The number of rotatable bonds is 8. The van der Waals surface area contributed by atoms with Crippen molar-refractivity contribution in [2.24, 2.45) is 7.05 Å². The van der Waals surface area contributed by atoms with Crippen LogP contribution in [0, 0.1) is 0 Å². The lowest BCUT2D eigenvalue weighted by Gasteiger charge is -2.10. The van der Waals surface area contributed by atoms with E-state index in [1.165, 1.54) is 11.8 Å². The number of thioether (sulfide) groups is 1. The second-order valence-electron chi connectivity index (χ2n) is 6.17. The number of aromatic nitrogens is 3. The number of carbonyl (C=O) groups excluding carboxylic acids is 1. The van der Waals surface area contributed by atoms with Gasteiger partial charge in [0.2, 0.25) is 5.91 Å². The fraction of sp³-hybridized carbons (Fsp3) is 0.250. The largest absolute Gasteiger partial charge is 0.484 e. The smallest absolute Gasteiger partial charge is 0.234 e. The van der Waals surface area contributed by atoms with Gasteiger partial charge in [-0.05, 0) is 30.2 Å². The molecule has 0 spiro atoms. The van der Waals surface area contributed by atoms with Crippen molar-refractivity contribution in [1.82, 2.24) is 14.8 Å². The Balaban J connectivity index is 1.56. The molecule has 0 aliphatic rings. The topological polar surface area (TPSA) is 69.0 Å². The lowest BCUT2D eigenvalue weighted by atomic mass is 10.1. The summed E-state index contributed by atoms with van der Waals surface area (Å²) in [5.74, 6) is 1.22. The molecule has 0 aliphatic carbocycles. The lowest BCUT2D eigenvalue weighted by molar-refractivity contribution is -0.113. The van der Waals surface area contributed by atoms with Crippen molar-refractivity contribution in [3.63, 3.8) is 0 Å². The van der Waals surface area contributed by atoms with E-state index in [1.54, 1.807) is 22.8 Å². The molecule has 0 saturated heterocycles. The number of aryl methyl sites for hydroxylation is 1. The summed E-state index contributed by atoms with van der Waals surface area (Å²) in [5, 5.41) is 12.8. The van der Waals surface area contributed by atoms with Gasteiger partial charge in [-0.25, -0.2) is 0 Å². The van der Waals surface area contributed by atoms with Gasteiger partial charge in [0, 0.05) is 23.8 Å². The Hall–Kier alpha value is -2.22. The SMILES string of the molecule is CCc1ccccc1NC(=O)CSc1nnc(COc2cc(Cl)ccc2Cl)n1C. The monoisotopic (exact) mass is 450 g/mol. The molecule has 0 radical (unpaired) electrons. The molecule has 0 aliphatic heterocycles. The van der Waals surface area contributed by atoms with E-state index in [9.17, 15) is 4.79 Å². The Morgan fingerprint density at radius 1 is 1.21 bits per heavy atom. The molecule has 0 atom stereocenters. The zero-order valence-corrected chi connectivity index (χ0v) is 18.3. The summed E-state index contributed by atoms with van der Waals surface area (Å²) in [7, 11) is 1.82. The number of benzene rings is 2. The van der Waals surface area contributed by atoms with Gasteiger partial charge in [-0.2, -0.15) is 0 Å². The zero-order valence-electron chi connectivity index (χ0n) is 16.0.